The van der Waals surface area contributed by atoms with E-state index in [4.69, 9.17) is 5.73 Å². The van der Waals surface area contributed by atoms with Crippen molar-refractivity contribution >= 4 is 11.6 Å². The standard InChI is InChI=1S/C16H20N4O/c1-11-14(17)15(19(2)18-11)16(21)20-9-8-13(10-20)12-6-4-3-5-7-12/h3-7,13H,8-10,17H2,1-2H3. The summed E-state index contributed by atoms with van der Waals surface area (Å²) in [5.41, 5.74) is 8.98. The van der Waals surface area contributed by atoms with Gasteiger partial charge in [-0.3, -0.25) is 9.48 Å². The van der Waals surface area contributed by atoms with Gasteiger partial charge in [0.15, 0.2) is 0 Å². The van der Waals surface area contributed by atoms with E-state index in [0.717, 1.165) is 19.5 Å². The minimum atomic E-state index is -0.0194. The lowest BCUT2D eigenvalue weighted by molar-refractivity contribution is 0.0781. The van der Waals surface area contributed by atoms with Crippen molar-refractivity contribution in [2.45, 2.75) is 19.3 Å². The van der Waals surface area contributed by atoms with Crippen molar-refractivity contribution in [2.24, 2.45) is 7.05 Å². The minimum absolute atomic E-state index is 0.0194. The predicted octanol–water partition coefficient (Wildman–Crippen LogP) is 1.94. The zero-order valence-electron chi connectivity index (χ0n) is 12.4. The maximum absolute atomic E-state index is 12.7. The van der Waals surface area contributed by atoms with Crippen molar-refractivity contribution in [3.63, 3.8) is 0 Å². The number of hydrogen-bond acceptors (Lipinski definition) is 3. The molecule has 2 N–H and O–H groups in total. The van der Waals surface area contributed by atoms with Crippen LogP contribution in [0, 0.1) is 6.92 Å². The molecule has 5 nitrogen and oxygen atoms in total. The van der Waals surface area contributed by atoms with E-state index >= 15 is 0 Å². The average molecular weight is 284 g/mol. The molecule has 1 aromatic heterocycles. The molecule has 1 aliphatic rings. The largest absolute Gasteiger partial charge is 0.395 e. The molecule has 110 valence electrons. The number of aromatic nitrogens is 2. The Morgan fingerprint density at radius 3 is 2.67 bits per heavy atom. The second kappa shape index (κ2) is 5.24. The van der Waals surface area contributed by atoms with Gasteiger partial charge in [-0.2, -0.15) is 5.10 Å². The first-order valence-corrected chi connectivity index (χ1v) is 7.21. The van der Waals surface area contributed by atoms with Crippen LogP contribution in [0.3, 0.4) is 0 Å². The SMILES string of the molecule is Cc1nn(C)c(C(=O)N2CCC(c3ccccc3)C2)c1N. The van der Waals surface area contributed by atoms with Crippen LogP contribution in [0.25, 0.3) is 0 Å². The van der Waals surface area contributed by atoms with E-state index in [0.29, 0.717) is 23.0 Å². The van der Waals surface area contributed by atoms with Gasteiger partial charge in [0.2, 0.25) is 0 Å². The van der Waals surface area contributed by atoms with Gasteiger partial charge in [-0.15, -0.1) is 0 Å². The zero-order chi connectivity index (χ0) is 15.0. The molecule has 5 heteroatoms. The molecule has 2 heterocycles. The molecular weight excluding hydrogens is 264 g/mol. The number of carbonyl (C=O) groups is 1. The Hall–Kier alpha value is -2.30. The Balaban J connectivity index is 1.79. The topological polar surface area (TPSA) is 64.2 Å². The van der Waals surface area contributed by atoms with Crippen LogP contribution >= 0.6 is 0 Å². The number of aryl methyl sites for hydroxylation is 2. The quantitative estimate of drug-likeness (QED) is 0.916. The Morgan fingerprint density at radius 2 is 2.05 bits per heavy atom. The van der Waals surface area contributed by atoms with Crippen molar-refractivity contribution in [3.8, 4) is 0 Å². The van der Waals surface area contributed by atoms with Crippen LogP contribution in [0.15, 0.2) is 30.3 Å². The maximum Gasteiger partial charge on any atom is 0.274 e. The summed E-state index contributed by atoms with van der Waals surface area (Å²) < 4.78 is 1.59. The Morgan fingerprint density at radius 1 is 1.33 bits per heavy atom. The third-order valence-electron chi connectivity index (χ3n) is 4.22. The first kappa shape index (κ1) is 13.7. The first-order valence-electron chi connectivity index (χ1n) is 7.21. The van der Waals surface area contributed by atoms with Gasteiger partial charge in [-0.05, 0) is 18.9 Å². The lowest BCUT2D eigenvalue weighted by Gasteiger charge is -2.17. The molecule has 0 radical (unpaired) electrons. The molecule has 0 bridgehead atoms. The van der Waals surface area contributed by atoms with Gasteiger partial charge >= 0.3 is 0 Å². The van der Waals surface area contributed by atoms with Crippen LogP contribution in [-0.4, -0.2) is 33.7 Å². The summed E-state index contributed by atoms with van der Waals surface area (Å²) in [6, 6.07) is 10.4. The van der Waals surface area contributed by atoms with Gasteiger partial charge in [-0.25, -0.2) is 0 Å². The van der Waals surface area contributed by atoms with E-state index in [2.05, 4.69) is 17.2 Å². The lowest BCUT2D eigenvalue weighted by Crippen LogP contribution is -2.30. The molecule has 1 aromatic carbocycles. The summed E-state index contributed by atoms with van der Waals surface area (Å²) >= 11 is 0. The number of rotatable bonds is 2. The summed E-state index contributed by atoms with van der Waals surface area (Å²) in [4.78, 5) is 14.5. The van der Waals surface area contributed by atoms with Crippen LogP contribution in [0.1, 0.15) is 34.1 Å². The van der Waals surface area contributed by atoms with Gasteiger partial charge in [-0.1, -0.05) is 30.3 Å². The van der Waals surface area contributed by atoms with Crippen molar-refractivity contribution in [2.75, 3.05) is 18.8 Å². The summed E-state index contributed by atoms with van der Waals surface area (Å²) in [7, 11) is 1.77. The normalized spacial score (nSPS) is 18.2. The molecule has 0 aliphatic carbocycles. The highest BCUT2D eigenvalue weighted by molar-refractivity contribution is 5.98. The van der Waals surface area contributed by atoms with Crippen molar-refractivity contribution in [1.82, 2.24) is 14.7 Å². The minimum Gasteiger partial charge on any atom is -0.395 e. The van der Waals surface area contributed by atoms with Crippen molar-refractivity contribution in [3.05, 3.63) is 47.3 Å². The maximum atomic E-state index is 12.7. The smallest absolute Gasteiger partial charge is 0.274 e. The molecule has 0 spiro atoms. The molecule has 1 fully saturated rings. The highest BCUT2D eigenvalue weighted by Crippen LogP contribution is 2.29. The third kappa shape index (κ3) is 2.39. The Bertz CT molecular complexity index is 662. The molecule has 3 rings (SSSR count). The van der Waals surface area contributed by atoms with E-state index in [1.54, 1.807) is 11.7 Å². The molecule has 2 aromatic rings. The number of nitrogens with zero attached hydrogens (tertiary/aromatic N) is 3. The second-order valence-corrected chi connectivity index (χ2v) is 5.62. The zero-order valence-corrected chi connectivity index (χ0v) is 12.4. The molecular formula is C16H20N4O. The van der Waals surface area contributed by atoms with Gasteiger partial charge < -0.3 is 10.6 Å². The average Bonchev–Trinajstić information content (AvgIpc) is 3.06. The Kier molecular flexibility index (Phi) is 3.41. The van der Waals surface area contributed by atoms with E-state index in [9.17, 15) is 4.79 Å². The fourth-order valence-electron chi connectivity index (χ4n) is 3.02. The summed E-state index contributed by atoms with van der Waals surface area (Å²) in [5.74, 6) is 0.389. The fraction of sp³-hybridized carbons (Fsp3) is 0.375. The van der Waals surface area contributed by atoms with E-state index < -0.39 is 0 Å². The Labute approximate surface area is 124 Å². The van der Waals surface area contributed by atoms with Crippen molar-refractivity contribution < 1.29 is 4.79 Å². The summed E-state index contributed by atoms with van der Waals surface area (Å²) in [5, 5.41) is 4.22. The van der Waals surface area contributed by atoms with Gasteiger partial charge in [0.1, 0.15) is 5.69 Å². The van der Waals surface area contributed by atoms with Crippen LogP contribution in [0.4, 0.5) is 5.69 Å². The number of amides is 1. The summed E-state index contributed by atoms with van der Waals surface area (Å²) in [6.45, 7) is 3.33. The highest BCUT2D eigenvalue weighted by atomic mass is 16.2. The number of nitrogen functional groups attached to an aromatic ring is 1. The molecule has 1 saturated heterocycles. The van der Waals surface area contributed by atoms with Crippen LogP contribution < -0.4 is 5.73 Å². The summed E-state index contributed by atoms with van der Waals surface area (Å²) in [6.07, 6.45) is 0.993. The molecule has 0 saturated carbocycles. The third-order valence-corrected chi connectivity index (χ3v) is 4.22. The number of likely N-dealkylation sites (tertiary alicyclic amines) is 1. The molecule has 1 unspecified atom stereocenters. The van der Waals surface area contributed by atoms with E-state index in [-0.39, 0.29) is 5.91 Å². The molecule has 1 amide bonds. The van der Waals surface area contributed by atoms with Gasteiger partial charge in [0.25, 0.3) is 5.91 Å². The molecule has 21 heavy (non-hydrogen) atoms. The number of carbonyl (C=O) groups excluding carboxylic acids is 1. The van der Waals surface area contributed by atoms with Crippen molar-refractivity contribution in [1.29, 1.82) is 0 Å². The number of anilines is 1. The lowest BCUT2D eigenvalue weighted by atomic mass is 9.99. The van der Waals surface area contributed by atoms with Gasteiger partial charge in [0.05, 0.1) is 11.4 Å². The van der Waals surface area contributed by atoms with Crippen LogP contribution in [0.2, 0.25) is 0 Å². The number of benzene rings is 1. The van der Waals surface area contributed by atoms with Gasteiger partial charge in [0, 0.05) is 26.1 Å². The highest BCUT2D eigenvalue weighted by Gasteiger charge is 2.30. The number of nitrogens with two attached hydrogens (primary N) is 1. The first-order chi connectivity index (χ1) is 10.1. The number of hydrogen-bond donors (Lipinski definition) is 1. The molecule has 1 atom stereocenters. The predicted molar refractivity (Wildman–Crippen MR) is 82.1 cm³/mol. The second-order valence-electron chi connectivity index (χ2n) is 5.62. The van der Waals surface area contributed by atoms with E-state index in [1.165, 1.54) is 5.56 Å². The van der Waals surface area contributed by atoms with Crippen LogP contribution in [0.5, 0.6) is 0 Å². The molecule has 1 aliphatic heterocycles. The van der Waals surface area contributed by atoms with E-state index in [1.807, 2.05) is 30.0 Å². The monoisotopic (exact) mass is 284 g/mol. The van der Waals surface area contributed by atoms with Crippen LogP contribution in [-0.2, 0) is 7.05 Å². The fourth-order valence-corrected chi connectivity index (χ4v) is 3.02.